The number of ketones is 1. The molecule has 1 unspecified atom stereocenters. The molecule has 0 aliphatic carbocycles. The summed E-state index contributed by atoms with van der Waals surface area (Å²) in [4.78, 5) is 29.9. The molecule has 2 aromatic rings. The van der Waals surface area contributed by atoms with E-state index in [0.29, 0.717) is 36.0 Å². The second-order valence-electron chi connectivity index (χ2n) is 7.65. The Morgan fingerprint density at radius 2 is 1.88 bits per heavy atom. The maximum Gasteiger partial charge on any atom is 0.295 e. The summed E-state index contributed by atoms with van der Waals surface area (Å²) in [6.45, 7) is 9.08. The largest absolute Gasteiger partial charge is 0.507 e. The van der Waals surface area contributed by atoms with Crippen molar-refractivity contribution in [1.82, 2.24) is 9.80 Å². The Labute approximate surface area is 207 Å². The Morgan fingerprint density at radius 1 is 1.15 bits per heavy atom. The van der Waals surface area contributed by atoms with Gasteiger partial charge in [0.05, 0.1) is 23.2 Å². The molecule has 6 nitrogen and oxygen atoms in total. The monoisotopic (exact) mass is 534 g/mol. The summed E-state index contributed by atoms with van der Waals surface area (Å²) in [5.74, 6) is -1.10. The highest BCUT2D eigenvalue weighted by atomic mass is 79.9. The summed E-state index contributed by atoms with van der Waals surface area (Å²) in [6, 6.07) is 11.5. The molecule has 1 heterocycles. The fraction of sp³-hybridized carbons (Fsp3) is 0.360. The van der Waals surface area contributed by atoms with E-state index in [1.165, 1.54) is 0 Å². The molecule has 176 valence electrons. The standard InChI is InChI=1S/C25H28BrClN2O4/c1-4-28(5-2)12-13-29-22(16-8-7-9-18(26)14-16)21(24(31)25(29)32)23(30)17-10-11-20(33-6-3)19(27)15-17/h7-11,14-15,22,30H,4-6,12-13H2,1-3H3/b23-21-. The number of likely N-dealkylation sites (N-methyl/N-ethyl adjacent to an activating group) is 1. The summed E-state index contributed by atoms with van der Waals surface area (Å²) in [7, 11) is 0. The lowest BCUT2D eigenvalue weighted by Crippen LogP contribution is -2.38. The van der Waals surface area contributed by atoms with Crippen molar-refractivity contribution in [2.75, 3.05) is 32.8 Å². The molecule has 33 heavy (non-hydrogen) atoms. The number of aliphatic hydroxyl groups excluding tert-OH is 1. The minimum Gasteiger partial charge on any atom is -0.507 e. The Kier molecular flexibility index (Phi) is 8.57. The van der Waals surface area contributed by atoms with E-state index in [9.17, 15) is 14.7 Å². The number of ether oxygens (including phenoxy) is 1. The Bertz CT molecular complexity index is 1070. The lowest BCUT2D eigenvalue weighted by molar-refractivity contribution is -0.140. The van der Waals surface area contributed by atoms with Crippen LogP contribution in [0.25, 0.3) is 5.76 Å². The molecule has 2 aromatic carbocycles. The van der Waals surface area contributed by atoms with Gasteiger partial charge in [0.25, 0.3) is 11.7 Å². The molecule has 1 saturated heterocycles. The van der Waals surface area contributed by atoms with E-state index in [0.717, 1.165) is 23.1 Å². The van der Waals surface area contributed by atoms with E-state index in [1.807, 2.05) is 31.2 Å². The van der Waals surface area contributed by atoms with E-state index in [4.69, 9.17) is 16.3 Å². The van der Waals surface area contributed by atoms with Crippen LogP contribution in [0, 0.1) is 0 Å². The van der Waals surface area contributed by atoms with Gasteiger partial charge in [-0.2, -0.15) is 0 Å². The fourth-order valence-electron chi connectivity index (χ4n) is 4.00. The summed E-state index contributed by atoms with van der Waals surface area (Å²) in [5.41, 5.74) is 1.14. The van der Waals surface area contributed by atoms with Gasteiger partial charge in [-0.05, 0) is 55.9 Å². The number of rotatable bonds is 9. The zero-order valence-electron chi connectivity index (χ0n) is 19.0. The van der Waals surface area contributed by atoms with Crippen LogP contribution in [0.1, 0.15) is 37.9 Å². The van der Waals surface area contributed by atoms with Crippen molar-refractivity contribution < 1.29 is 19.4 Å². The molecule has 1 aliphatic heterocycles. The number of halogens is 2. The van der Waals surface area contributed by atoms with E-state index >= 15 is 0 Å². The third-order valence-corrected chi connectivity index (χ3v) is 6.55. The number of amides is 1. The second-order valence-corrected chi connectivity index (χ2v) is 8.98. The first-order valence-electron chi connectivity index (χ1n) is 11.0. The Morgan fingerprint density at radius 3 is 2.48 bits per heavy atom. The highest BCUT2D eigenvalue weighted by Gasteiger charge is 2.46. The van der Waals surface area contributed by atoms with E-state index < -0.39 is 17.7 Å². The SMILES string of the molecule is CCOc1ccc(/C(O)=C2/C(=O)C(=O)N(CCN(CC)CC)C2c2cccc(Br)c2)cc1Cl. The smallest absolute Gasteiger partial charge is 0.295 e. The second kappa shape index (κ2) is 11.2. The van der Waals surface area contributed by atoms with Crippen molar-refractivity contribution in [3.8, 4) is 5.75 Å². The van der Waals surface area contributed by atoms with Crippen LogP contribution < -0.4 is 4.74 Å². The number of aliphatic hydroxyl groups is 1. The highest BCUT2D eigenvalue weighted by Crippen LogP contribution is 2.40. The molecular weight excluding hydrogens is 508 g/mol. The first-order chi connectivity index (χ1) is 15.8. The van der Waals surface area contributed by atoms with Gasteiger partial charge in [-0.1, -0.05) is 53.5 Å². The highest BCUT2D eigenvalue weighted by molar-refractivity contribution is 9.10. The molecule has 0 saturated carbocycles. The number of hydrogen-bond acceptors (Lipinski definition) is 5. The predicted molar refractivity (Wildman–Crippen MR) is 134 cm³/mol. The number of carbonyl (C=O) groups excluding carboxylic acids is 2. The van der Waals surface area contributed by atoms with Gasteiger partial charge >= 0.3 is 0 Å². The first-order valence-corrected chi connectivity index (χ1v) is 12.2. The first kappa shape index (κ1) is 25.3. The average molecular weight is 536 g/mol. The van der Waals surface area contributed by atoms with Crippen molar-refractivity contribution in [2.24, 2.45) is 0 Å². The minimum absolute atomic E-state index is 0.0536. The molecule has 3 rings (SSSR count). The van der Waals surface area contributed by atoms with Gasteiger partial charge in [-0.15, -0.1) is 0 Å². The number of nitrogens with zero attached hydrogens (tertiary/aromatic N) is 2. The lowest BCUT2D eigenvalue weighted by atomic mass is 9.95. The van der Waals surface area contributed by atoms with Gasteiger partial charge in [0.1, 0.15) is 11.5 Å². The quantitative estimate of drug-likeness (QED) is 0.269. The van der Waals surface area contributed by atoms with Crippen LogP contribution in [-0.2, 0) is 9.59 Å². The molecule has 1 N–H and O–H groups in total. The number of Topliss-reactive ketones (excluding diaryl/α,β-unsaturated/α-hetero) is 1. The third-order valence-electron chi connectivity index (χ3n) is 5.76. The van der Waals surface area contributed by atoms with Crippen LogP contribution in [0.3, 0.4) is 0 Å². The van der Waals surface area contributed by atoms with Gasteiger partial charge < -0.3 is 19.6 Å². The maximum atomic E-state index is 13.1. The van der Waals surface area contributed by atoms with Gasteiger partial charge in [-0.3, -0.25) is 9.59 Å². The summed E-state index contributed by atoms with van der Waals surface area (Å²) < 4.78 is 6.28. The molecule has 0 bridgehead atoms. The van der Waals surface area contributed by atoms with Crippen molar-refractivity contribution in [2.45, 2.75) is 26.8 Å². The zero-order chi connectivity index (χ0) is 24.1. The van der Waals surface area contributed by atoms with E-state index in [2.05, 4.69) is 34.7 Å². The summed E-state index contributed by atoms with van der Waals surface area (Å²) in [6.07, 6.45) is 0. The van der Waals surface area contributed by atoms with Crippen LogP contribution in [0.15, 0.2) is 52.5 Å². The Balaban J connectivity index is 2.10. The molecule has 1 amide bonds. The lowest BCUT2D eigenvalue weighted by Gasteiger charge is -2.28. The van der Waals surface area contributed by atoms with Crippen molar-refractivity contribution >= 4 is 45.0 Å². The van der Waals surface area contributed by atoms with Gasteiger partial charge in [0.15, 0.2) is 0 Å². The topological polar surface area (TPSA) is 70.1 Å². The molecule has 1 aliphatic rings. The number of hydrogen-bond donors (Lipinski definition) is 1. The van der Waals surface area contributed by atoms with Crippen LogP contribution in [0.2, 0.25) is 5.02 Å². The maximum absolute atomic E-state index is 13.1. The number of benzene rings is 2. The molecule has 0 aromatic heterocycles. The fourth-order valence-corrected chi connectivity index (χ4v) is 4.65. The minimum atomic E-state index is -0.706. The average Bonchev–Trinajstić information content (AvgIpc) is 3.05. The number of likely N-dealkylation sites (tertiary alicyclic amines) is 1. The summed E-state index contributed by atoms with van der Waals surface area (Å²) in [5, 5.41) is 11.5. The summed E-state index contributed by atoms with van der Waals surface area (Å²) >= 11 is 9.78. The van der Waals surface area contributed by atoms with Crippen LogP contribution in [0.5, 0.6) is 5.75 Å². The van der Waals surface area contributed by atoms with Gasteiger partial charge in [0.2, 0.25) is 0 Å². The predicted octanol–water partition coefficient (Wildman–Crippen LogP) is 5.26. The van der Waals surface area contributed by atoms with Crippen molar-refractivity contribution in [3.05, 3.63) is 68.7 Å². The molecule has 8 heteroatoms. The van der Waals surface area contributed by atoms with Crippen molar-refractivity contribution in [3.63, 3.8) is 0 Å². The molecule has 1 fully saturated rings. The zero-order valence-corrected chi connectivity index (χ0v) is 21.3. The van der Waals surface area contributed by atoms with Gasteiger partial charge in [0, 0.05) is 23.1 Å². The van der Waals surface area contributed by atoms with Crippen LogP contribution in [0.4, 0.5) is 0 Å². The van der Waals surface area contributed by atoms with Crippen LogP contribution in [-0.4, -0.2) is 59.4 Å². The molecular formula is C25H28BrClN2O4. The Hall–Kier alpha value is -2.35. The van der Waals surface area contributed by atoms with Crippen LogP contribution >= 0.6 is 27.5 Å². The van der Waals surface area contributed by atoms with E-state index in [-0.39, 0.29) is 11.3 Å². The van der Waals surface area contributed by atoms with Crippen molar-refractivity contribution in [1.29, 1.82) is 0 Å². The molecule has 0 radical (unpaired) electrons. The molecule has 0 spiro atoms. The van der Waals surface area contributed by atoms with E-state index in [1.54, 1.807) is 23.1 Å². The molecule has 1 atom stereocenters. The van der Waals surface area contributed by atoms with Gasteiger partial charge in [-0.25, -0.2) is 0 Å². The third kappa shape index (κ3) is 5.42. The number of carbonyl (C=O) groups is 2. The normalized spacial score (nSPS) is 17.8.